The molecule has 1 saturated carbocycles. The van der Waals surface area contributed by atoms with E-state index in [1.165, 1.54) is 25.0 Å². The number of nitrogens with zero attached hydrogens (tertiary/aromatic N) is 5. The quantitative estimate of drug-likeness (QED) is 0.561. The number of piperidine rings is 1. The first-order valence-corrected chi connectivity index (χ1v) is 12.5. The van der Waals surface area contributed by atoms with Crippen molar-refractivity contribution in [3.05, 3.63) is 58.8 Å². The molecule has 0 spiro atoms. The second-order valence-corrected chi connectivity index (χ2v) is 9.99. The molecule has 2 aliphatic heterocycles. The average molecular weight is 499 g/mol. The van der Waals surface area contributed by atoms with Gasteiger partial charge >= 0.3 is 0 Å². The van der Waals surface area contributed by atoms with Gasteiger partial charge in [-0.25, -0.2) is 14.1 Å². The fourth-order valence-electron chi connectivity index (χ4n) is 5.76. The van der Waals surface area contributed by atoms with Crippen molar-refractivity contribution < 1.29 is 13.9 Å². The third-order valence-corrected chi connectivity index (χ3v) is 7.56. The van der Waals surface area contributed by atoms with Crippen molar-refractivity contribution in [2.24, 2.45) is 11.8 Å². The van der Waals surface area contributed by atoms with E-state index in [4.69, 9.17) is 31.2 Å². The molecule has 1 aromatic carbocycles. The number of pyridine rings is 1. The van der Waals surface area contributed by atoms with Crippen molar-refractivity contribution in [1.82, 2.24) is 19.7 Å². The Morgan fingerprint density at radius 1 is 1.17 bits per heavy atom. The van der Waals surface area contributed by atoms with E-state index in [1.807, 2.05) is 16.8 Å². The minimum absolute atomic E-state index is 0.310. The summed E-state index contributed by atoms with van der Waals surface area (Å²) in [5.41, 5.74) is 1.80. The number of anilines is 2. The molecule has 2 fully saturated rings. The van der Waals surface area contributed by atoms with Crippen LogP contribution in [0.3, 0.4) is 0 Å². The first-order valence-electron chi connectivity index (χ1n) is 12.1. The number of fused-ring (bicyclic) bond motifs is 3. The van der Waals surface area contributed by atoms with Crippen LogP contribution >= 0.6 is 11.6 Å². The molecule has 8 nitrogen and oxygen atoms in total. The summed E-state index contributed by atoms with van der Waals surface area (Å²) in [6.07, 6.45) is 4.44. The minimum atomic E-state index is -0.506. The molecule has 4 heterocycles. The summed E-state index contributed by atoms with van der Waals surface area (Å²) in [4.78, 5) is 11.5. The zero-order valence-corrected chi connectivity index (χ0v) is 20.3. The molecule has 1 N–H and O–H groups in total. The van der Waals surface area contributed by atoms with Crippen LogP contribution in [0.1, 0.15) is 36.8 Å². The molecule has 6 rings (SSSR count). The molecule has 184 valence electrons. The van der Waals surface area contributed by atoms with Gasteiger partial charge < -0.3 is 19.7 Å². The van der Waals surface area contributed by atoms with Gasteiger partial charge in [-0.05, 0) is 60.9 Å². The summed E-state index contributed by atoms with van der Waals surface area (Å²) in [7, 11) is 1.64. The largest absolute Gasteiger partial charge is 0.481 e. The molecule has 2 bridgehead atoms. The summed E-state index contributed by atoms with van der Waals surface area (Å²) < 4.78 is 27.3. The molecule has 35 heavy (non-hydrogen) atoms. The average Bonchev–Trinajstić information content (AvgIpc) is 3.25. The topological polar surface area (TPSA) is 77.3 Å². The van der Waals surface area contributed by atoms with Crippen LogP contribution in [0.15, 0.2) is 36.5 Å². The van der Waals surface area contributed by atoms with Crippen LogP contribution in [0.2, 0.25) is 5.02 Å². The maximum atomic E-state index is 14.1. The number of hydrogen-bond acceptors (Lipinski definition) is 7. The molecule has 0 amide bonds. The molecule has 3 aromatic rings. The van der Waals surface area contributed by atoms with E-state index in [-0.39, 0.29) is 5.82 Å². The molecule has 1 aliphatic carbocycles. The summed E-state index contributed by atoms with van der Waals surface area (Å²) in [5.74, 6) is 2.52. The number of benzene rings is 1. The summed E-state index contributed by atoms with van der Waals surface area (Å²) >= 11 is 6.12. The molecule has 1 unspecified atom stereocenters. The SMILES string of the molecule is COc1cc(N2C[C@H]3CC[C@@H](C2)C3Nc2nc3n(n2)CCCO[C@H]3c2cc(F)cc(Cl)c2)ccn1. The smallest absolute Gasteiger partial charge is 0.242 e. The Morgan fingerprint density at radius 2 is 2.00 bits per heavy atom. The normalized spacial score (nSPS) is 25.7. The lowest BCUT2D eigenvalue weighted by atomic mass is 9.92. The zero-order valence-electron chi connectivity index (χ0n) is 19.5. The standard InChI is InChI=1S/C25H28ClFN6O2/c1-34-21-12-20(5-6-28-21)32-13-15-3-4-16(14-32)22(15)29-25-30-24-23(35-8-2-7-33(24)31-25)17-9-18(26)11-19(27)10-17/h5-6,9-12,15-16,22-23H,2-4,7-8,13-14H2,1H3,(H,29,31)/t15-,16+,22?,23-/m0/s1. The lowest BCUT2D eigenvalue weighted by Crippen LogP contribution is -2.48. The lowest BCUT2D eigenvalue weighted by molar-refractivity contribution is 0.0810. The van der Waals surface area contributed by atoms with Crippen LogP contribution < -0.4 is 15.0 Å². The first-order chi connectivity index (χ1) is 17.1. The predicted octanol–water partition coefficient (Wildman–Crippen LogP) is 4.31. The molecule has 2 aromatic heterocycles. The number of nitrogens with one attached hydrogen (secondary N) is 1. The fourth-order valence-corrected chi connectivity index (χ4v) is 5.99. The van der Waals surface area contributed by atoms with E-state index < -0.39 is 6.10 Å². The molecule has 10 heteroatoms. The van der Waals surface area contributed by atoms with Gasteiger partial charge in [-0.1, -0.05) is 11.6 Å². The van der Waals surface area contributed by atoms with Crippen molar-refractivity contribution in [1.29, 1.82) is 0 Å². The molecular formula is C25H28ClFN6O2. The van der Waals surface area contributed by atoms with Gasteiger partial charge in [-0.15, -0.1) is 5.10 Å². The second kappa shape index (κ2) is 9.28. The van der Waals surface area contributed by atoms with E-state index in [9.17, 15) is 4.39 Å². The second-order valence-electron chi connectivity index (χ2n) is 9.55. The van der Waals surface area contributed by atoms with Gasteiger partial charge in [-0.2, -0.15) is 4.98 Å². The maximum Gasteiger partial charge on any atom is 0.242 e. The molecule has 0 radical (unpaired) electrons. The van der Waals surface area contributed by atoms with Gasteiger partial charge in [0.2, 0.25) is 11.8 Å². The lowest BCUT2D eigenvalue weighted by Gasteiger charge is -2.39. The number of hydrogen-bond donors (Lipinski definition) is 1. The number of ether oxygens (including phenoxy) is 2. The Kier molecular flexibility index (Phi) is 5.98. The number of rotatable bonds is 5. The Morgan fingerprint density at radius 3 is 2.77 bits per heavy atom. The van der Waals surface area contributed by atoms with Crippen molar-refractivity contribution in [2.45, 2.75) is 38.0 Å². The van der Waals surface area contributed by atoms with E-state index in [0.29, 0.717) is 59.3 Å². The number of methoxy groups -OCH3 is 1. The third kappa shape index (κ3) is 4.43. The Bertz CT molecular complexity index is 1190. The third-order valence-electron chi connectivity index (χ3n) is 7.34. The highest BCUT2D eigenvalue weighted by Gasteiger charge is 2.43. The Labute approximate surface area is 208 Å². The van der Waals surface area contributed by atoms with Gasteiger partial charge in [-0.3, -0.25) is 0 Å². The van der Waals surface area contributed by atoms with Crippen LogP contribution in [0.25, 0.3) is 0 Å². The summed E-state index contributed by atoms with van der Waals surface area (Å²) in [5, 5.41) is 8.76. The van der Waals surface area contributed by atoms with Crippen molar-refractivity contribution in [3.8, 4) is 5.88 Å². The van der Waals surface area contributed by atoms with Crippen LogP contribution in [-0.2, 0) is 11.3 Å². The summed E-state index contributed by atoms with van der Waals surface area (Å²) in [6, 6.07) is 8.84. The van der Waals surface area contributed by atoms with Gasteiger partial charge in [0, 0.05) is 55.3 Å². The molecular weight excluding hydrogens is 471 g/mol. The van der Waals surface area contributed by atoms with Gasteiger partial charge in [0.1, 0.15) is 11.9 Å². The van der Waals surface area contributed by atoms with Gasteiger partial charge in [0.25, 0.3) is 0 Å². The predicted molar refractivity (Wildman–Crippen MR) is 130 cm³/mol. The molecule has 3 aliphatic rings. The van der Waals surface area contributed by atoms with Gasteiger partial charge in [0.05, 0.1) is 7.11 Å². The van der Waals surface area contributed by atoms with Crippen LogP contribution in [0.4, 0.5) is 16.0 Å². The minimum Gasteiger partial charge on any atom is -0.481 e. The number of halogens is 2. The maximum absolute atomic E-state index is 14.1. The Balaban J connectivity index is 1.21. The monoisotopic (exact) mass is 498 g/mol. The number of aryl methyl sites for hydroxylation is 1. The van der Waals surface area contributed by atoms with Crippen molar-refractivity contribution in [3.63, 3.8) is 0 Å². The first kappa shape index (κ1) is 22.5. The van der Waals surface area contributed by atoms with E-state index in [2.05, 4.69) is 15.2 Å². The Hall–Kier alpha value is -2.91. The van der Waals surface area contributed by atoms with Crippen LogP contribution in [0, 0.1) is 17.7 Å². The highest BCUT2D eigenvalue weighted by molar-refractivity contribution is 6.30. The van der Waals surface area contributed by atoms with Crippen molar-refractivity contribution >= 4 is 23.2 Å². The highest BCUT2D eigenvalue weighted by atomic mass is 35.5. The highest BCUT2D eigenvalue weighted by Crippen LogP contribution is 2.40. The molecule has 1 saturated heterocycles. The van der Waals surface area contributed by atoms with Crippen LogP contribution in [0.5, 0.6) is 5.88 Å². The summed E-state index contributed by atoms with van der Waals surface area (Å²) in [6.45, 7) is 3.18. The van der Waals surface area contributed by atoms with Gasteiger partial charge in [0.15, 0.2) is 5.82 Å². The van der Waals surface area contributed by atoms with E-state index >= 15 is 0 Å². The van der Waals surface area contributed by atoms with E-state index in [0.717, 1.165) is 25.2 Å². The van der Waals surface area contributed by atoms with Crippen LogP contribution in [-0.4, -0.2) is 52.6 Å². The van der Waals surface area contributed by atoms with E-state index in [1.54, 1.807) is 19.4 Å². The fraction of sp³-hybridized carbons (Fsp3) is 0.480. The zero-order chi connectivity index (χ0) is 23.9. The molecule has 4 atom stereocenters. The van der Waals surface area contributed by atoms with Crippen molar-refractivity contribution in [2.75, 3.05) is 37.0 Å². The number of aromatic nitrogens is 4.